The summed E-state index contributed by atoms with van der Waals surface area (Å²) < 4.78 is 6.13. The molecule has 0 spiro atoms. The minimum atomic E-state index is -1.51. The number of hydrogen-bond acceptors (Lipinski definition) is 1. The van der Waals surface area contributed by atoms with E-state index in [1.807, 2.05) is 18.2 Å². The van der Waals surface area contributed by atoms with Gasteiger partial charge in [0.15, 0.2) is 8.32 Å². The van der Waals surface area contributed by atoms with Crippen molar-refractivity contribution in [2.45, 2.75) is 32.7 Å². The molecule has 21 heavy (non-hydrogen) atoms. The molecular formula is C19H24OSi. The second-order valence-corrected chi connectivity index (χ2v) is 10.8. The van der Waals surface area contributed by atoms with Crippen LogP contribution in [0.4, 0.5) is 0 Å². The van der Waals surface area contributed by atoms with E-state index >= 15 is 0 Å². The highest BCUT2D eigenvalue weighted by Crippen LogP contribution is 2.25. The highest BCUT2D eigenvalue weighted by molar-refractivity contribution is 6.69. The van der Waals surface area contributed by atoms with E-state index in [2.05, 4.69) is 69.5 Å². The molecule has 2 aromatic carbocycles. The lowest BCUT2D eigenvalue weighted by atomic mass is 9.98. The van der Waals surface area contributed by atoms with Crippen LogP contribution < -0.4 is 0 Å². The maximum Gasteiger partial charge on any atom is 0.184 e. The summed E-state index contributed by atoms with van der Waals surface area (Å²) in [6.45, 7) is 13.0. The second kappa shape index (κ2) is 6.42. The van der Waals surface area contributed by atoms with Crippen molar-refractivity contribution in [2.24, 2.45) is 0 Å². The first-order chi connectivity index (χ1) is 9.87. The van der Waals surface area contributed by atoms with Gasteiger partial charge in [-0.25, -0.2) is 0 Å². The van der Waals surface area contributed by atoms with Crippen LogP contribution in [0.25, 0.3) is 5.57 Å². The van der Waals surface area contributed by atoms with E-state index in [0.717, 1.165) is 16.7 Å². The summed E-state index contributed by atoms with van der Waals surface area (Å²) in [7, 11) is -1.51. The summed E-state index contributed by atoms with van der Waals surface area (Å²) >= 11 is 0. The van der Waals surface area contributed by atoms with E-state index in [0.29, 0.717) is 0 Å². The van der Waals surface area contributed by atoms with Crippen LogP contribution in [0.2, 0.25) is 19.6 Å². The minimum Gasteiger partial charge on any atom is -0.411 e. The van der Waals surface area contributed by atoms with Crippen molar-refractivity contribution < 1.29 is 4.43 Å². The second-order valence-electron chi connectivity index (χ2n) is 6.34. The van der Waals surface area contributed by atoms with Gasteiger partial charge in [0.25, 0.3) is 0 Å². The quantitative estimate of drug-likeness (QED) is 0.647. The monoisotopic (exact) mass is 296 g/mol. The Morgan fingerprint density at radius 2 is 1.43 bits per heavy atom. The molecular weight excluding hydrogens is 272 g/mol. The van der Waals surface area contributed by atoms with Gasteiger partial charge in [-0.1, -0.05) is 61.2 Å². The van der Waals surface area contributed by atoms with Crippen molar-refractivity contribution in [3.8, 4) is 0 Å². The average molecular weight is 296 g/mol. The zero-order valence-electron chi connectivity index (χ0n) is 13.4. The van der Waals surface area contributed by atoms with Gasteiger partial charge in [0.05, 0.1) is 6.10 Å². The Morgan fingerprint density at radius 3 is 1.95 bits per heavy atom. The Bertz CT molecular complexity index is 594. The summed E-state index contributed by atoms with van der Waals surface area (Å²) in [5.41, 5.74) is 4.60. The molecule has 0 heterocycles. The molecule has 0 bridgehead atoms. The Morgan fingerprint density at radius 1 is 0.905 bits per heavy atom. The maximum atomic E-state index is 6.13. The van der Waals surface area contributed by atoms with Crippen LogP contribution in [-0.4, -0.2) is 8.32 Å². The van der Waals surface area contributed by atoms with Gasteiger partial charge in [-0.15, -0.1) is 0 Å². The first kappa shape index (κ1) is 15.7. The smallest absolute Gasteiger partial charge is 0.184 e. The Labute approximate surface area is 129 Å². The summed E-state index contributed by atoms with van der Waals surface area (Å²) in [5.74, 6) is 0. The molecule has 1 nitrogen and oxygen atoms in total. The van der Waals surface area contributed by atoms with Crippen LogP contribution in [0.3, 0.4) is 0 Å². The number of hydrogen-bond donors (Lipinski definition) is 0. The van der Waals surface area contributed by atoms with Gasteiger partial charge in [-0.3, -0.25) is 0 Å². The van der Waals surface area contributed by atoms with Crippen LogP contribution in [-0.2, 0) is 4.43 Å². The molecule has 0 saturated carbocycles. The molecule has 0 N–H and O–H groups in total. The van der Waals surface area contributed by atoms with Crippen LogP contribution in [0.5, 0.6) is 0 Å². The van der Waals surface area contributed by atoms with Crippen LogP contribution in [0.15, 0.2) is 61.2 Å². The summed E-state index contributed by atoms with van der Waals surface area (Å²) in [5, 5.41) is 0. The third-order valence-electron chi connectivity index (χ3n) is 3.38. The Kier molecular flexibility index (Phi) is 4.81. The normalized spacial score (nSPS) is 13.0. The Hall–Kier alpha value is -1.64. The van der Waals surface area contributed by atoms with E-state index in [1.165, 1.54) is 5.56 Å². The van der Waals surface area contributed by atoms with Gasteiger partial charge < -0.3 is 4.43 Å². The maximum absolute atomic E-state index is 6.13. The highest BCUT2D eigenvalue weighted by Gasteiger charge is 2.19. The van der Waals surface area contributed by atoms with Gasteiger partial charge in [-0.2, -0.15) is 0 Å². The molecule has 2 rings (SSSR count). The third-order valence-corrected chi connectivity index (χ3v) is 4.44. The SMILES string of the molecule is C=C(c1ccccc1)c1ccc(C(C)O[Si](C)(C)C)cc1. The molecule has 2 heteroatoms. The largest absolute Gasteiger partial charge is 0.411 e. The van der Waals surface area contributed by atoms with E-state index < -0.39 is 8.32 Å². The first-order valence-electron chi connectivity index (χ1n) is 7.39. The molecule has 2 aromatic rings. The fourth-order valence-corrected chi connectivity index (χ4v) is 3.56. The molecule has 0 aliphatic heterocycles. The third kappa shape index (κ3) is 4.41. The van der Waals surface area contributed by atoms with Gasteiger partial charge in [0.2, 0.25) is 0 Å². The van der Waals surface area contributed by atoms with E-state index in [9.17, 15) is 0 Å². The molecule has 0 radical (unpaired) electrons. The number of benzene rings is 2. The summed E-state index contributed by atoms with van der Waals surface area (Å²) in [6, 6.07) is 18.8. The first-order valence-corrected chi connectivity index (χ1v) is 10.8. The summed E-state index contributed by atoms with van der Waals surface area (Å²) in [6.07, 6.45) is 0.149. The predicted octanol–water partition coefficient (Wildman–Crippen LogP) is 5.66. The molecule has 110 valence electrons. The van der Waals surface area contributed by atoms with Gasteiger partial charge in [0.1, 0.15) is 0 Å². The average Bonchev–Trinajstić information content (AvgIpc) is 2.46. The molecule has 1 unspecified atom stereocenters. The van der Waals surface area contributed by atoms with Crippen LogP contribution in [0, 0.1) is 0 Å². The van der Waals surface area contributed by atoms with Gasteiger partial charge >= 0.3 is 0 Å². The Balaban J connectivity index is 2.14. The zero-order valence-corrected chi connectivity index (χ0v) is 14.4. The molecule has 0 saturated heterocycles. The van der Waals surface area contributed by atoms with Crippen molar-refractivity contribution in [3.63, 3.8) is 0 Å². The molecule has 0 aliphatic carbocycles. The topological polar surface area (TPSA) is 9.23 Å². The van der Waals surface area contributed by atoms with Crippen molar-refractivity contribution in [3.05, 3.63) is 77.9 Å². The fraction of sp³-hybridized carbons (Fsp3) is 0.263. The summed E-state index contributed by atoms with van der Waals surface area (Å²) in [4.78, 5) is 0. The lowest BCUT2D eigenvalue weighted by Crippen LogP contribution is -2.26. The van der Waals surface area contributed by atoms with Crippen molar-refractivity contribution >= 4 is 13.9 Å². The lowest BCUT2D eigenvalue weighted by Gasteiger charge is -2.24. The van der Waals surface area contributed by atoms with E-state index in [-0.39, 0.29) is 6.10 Å². The lowest BCUT2D eigenvalue weighted by molar-refractivity contribution is 0.219. The van der Waals surface area contributed by atoms with Crippen molar-refractivity contribution in [1.82, 2.24) is 0 Å². The van der Waals surface area contributed by atoms with Gasteiger partial charge in [0, 0.05) is 0 Å². The molecule has 0 fully saturated rings. The van der Waals surface area contributed by atoms with E-state index in [1.54, 1.807) is 0 Å². The highest BCUT2D eigenvalue weighted by atomic mass is 28.4. The minimum absolute atomic E-state index is 0.149. The zero-order chi connectivity index (χ0) is 15.5. The molecule has 0 aromatic heterocycles. The molecule has 1 atom stereocenters. The van der Waals surface area contributed by atoms with Crippen LogP contribution in [0.1, 0.15) is 29.7 Å². The standard InChI is InChI=1S/C19H24OSi/c1-15(17-9-7-6-8-10-17)18-11-13-19(14-12-18)16(2)20-21(3,4)5/h6-14,16H,1H2,2-5H3. The van der Waals surface area contributed by atoms with Crippen molar-refractivity contribution in [1.29, 1.82) is 0 Å². The van der Waals surface area contributed by atoms with Crippen LogP contribution >= 0.6 is 0 Å². The van der Waals surface area contributed by atoms with Gasteiger partial charge in [-0.05, 0) is 48.8 Å². The molecule has 0 aliphatic rings. The number of rotatable bonds is 5. The predicted molar refractivity (Wildman–Crippen MR) is 93.9 cm³/mol. The molecule has 0 amide bonds. The van der Waals surface area contributed by atoms with E-state index in [4.69, 9.17) is 4.43 Å². The fourth-order valence-electron chi connectivity index (χ4n) is 2.36. The van der Waals surface area contributed by atoms with Crippen molar-refractivity contribution in [2.75, 3.05) is 0 Å².